The van der Waals surface area contributed by atoms with Gasteiger partial charge in [-0.2, -0.15) is 4.31 Å². The van der Waals surface area contributed by atoms with Crippen LogP contribution in [0.5, 0.6) is 0 Å². The number of hydrogen-bond donors (Lipinski definition) is 1. The number of nitrogens with one attached hydrogen (secondary N) is 1. The zero-order valence-electron chi connectivity index (χ0n) is 18.0. The zero-order chi connectivity index (χ0) is 23.6. The third-order valence-corrected chi connectivity index (χ3v) is 7.80. The van der Waals surface area contributed by atoms with Crippen molar-refractivity contribution in [3.63, 3.8) is 0 Å². The number of halogens is 2. The third kappa shape index (κ3) is 4.96. The molecule has 7 nitrogen and oxygen atoms in total. The van der Waals surface area contributed by atoms with Crippen molar-refractivity contribution in [1.29, 1.82) is 0 Å². The summed E-state index contributed by atoms with van der Waals surface area (Å²) in [4.78, 5) is 17.5. The van der Waals surface area contributed by atoms with Crippen molar-refractivity contribution in [2.24, 2.45) is 13.0 Å². The van der Waals surface area contributed by atoms with Crippen LogP contribution in [0.4, 0.5) is 8.78 Å². The van der Waals surface area contributed by atoms with Gasteiger partial charge in [-0.1, -0.05) is 12.1 Å². The summed E-state index contributed by atoms with van der Waals surface area (Å²) in [6.07, 6.45) is 4.08. The Balaban J connectivity index is 1.45. The summed E-state index contributed by atoms with van der Waals surface area (Å²) in [5.41, 5.74) is 0.690. The fourth-order valence-electron chi connectivity index (χ4n) is 3.98. The standard InChI is InChI=1S/C23H24F2N4O3S/c1-28-15-12-26-22(28)21(16-2-4-18(24)5-3-16)27-23(30)17-10-13-29(14-11-17)33(31,32)20-8-6-19(25)7-9-20/h2-9,12,15,17,21H,10-11,13-14H2,1H3,(H,27,30)/t21-/m0/s1. The second kappa shape index (κ2) is 9.40. The van der Waals surface area contributed by atoms with E-state index in [1.54, 1.807) is 29.1 Å². The van der Waals surface area contributed by atoms with Gasteiger partial charge in [0.2, 0.25) is 15.9 Å². The molecule has 1 aliphatic heterocycles. The molecule has 2 aromatic carbocycles. The van der Waals surface area contributed by atoms with Gasteiger partial charge in [0.15, 0.2) is 0 Å². The predicted molar refractivity (Wildman–Crippen MR) is 117 cm³/mol. The summed E-state index contributed by atoms with van der Waals surface area (Å²) < 4.78 is 55.3. The number of benzene rings is 2. The third-order valence-electron chi connectivity index (χ3n) is 5.88. The molecule has 33 heavy (non-hydrogen) atoms. The first-order valence-corrected chi connectivity index (χ1v) is 12.0. The number of piperidine rings is 1. The van der Waals surface area contributed by atoms with Gasteiger partial charge < -0.3 is 9.88 Å². The van der Waals surface area contributed by atoms with E-state index in [2.05, 4.69) is 10.3 Å². The molecule has 1 atom stereocenters. The number of sulfonamides is 1. The summed E-state index contributed by atoms with van der Waals surface area (Å²) in [6.45, 7) is 0.364. The maximum absolute atomic E-state index is 13.4. The largest absolute Gasteiger partial charge is 0.342 e. The van der Waals surface area contributed by atoms with Crippen LogP contribution in [0.1, 0.15) is 30.3 Å². The smallest absolute Gasteiger partial charge is 0.243 e. The second-order valence-corrected chi connectivity index (χ2v) is 9.96. The summed E-state index contributed by atoms with van der Waals surface area (Å²) in [7, 11) is -1.94. The van der Waals surface area contributed by atoms with Crippen LogP contribution in [-0.4, -0.2) is 41.3 Å². The van der Waals surface area contributed by atoms with Crippen molar-refractivity contribution in [3.05, 3.63) is 83.9 Å². The van der Waals surface area contributed by atoms with E-state index in [1.807, 2.05) is 7.05 Å². The molecule has 1 aliphatic rings. The molecule has 10 heteroatoms. The minimum Gasteiger partial charge on any atom is -0.342 e. The van der Waals surface area contributed by atoms with Crippen LogP contribution in [-0.2, 0) is 21.9 Å². The van der Waals surface area contributed by atoms with Crippen molar-refractivity contribution < 1.29 is 22.0 Å². The molecule has 4 rings (SSSR count). The lowest BCUT2D eigenvalue weighted by Crippen LogP contribution is -2.44. The van der Waals surface area contributed by atoms with Crippen LogP contribution in [0.15, 0.2) is 65.8 Å². The summed E-state index contributed by atoms with van der Waals surface area (Å²) in [6, 6.07) is 10.00. The number of carbonyl (C=O) groups is 1. The maximum atomic E-state index is 13.4. The Morgan fingerprint density at radius 2 is 1.61 bits per heavy atom. The molecule has 0 radical (unpaired) electrons. The summed E-state index contributed by atoms with van der Waals surface area (Å²) in [5.74, 6) is -0.878. The molecule has 174 valence electrons. The van der Waals surface area contributed by atoms with Gasteiger partial charge in [-0.25, -0.2) is 22.2 Å². The Hall–Kier alpha value is -3.11. The first-order chi connectivity index (χ1) is 15.8. The zero-order valence-corrected chi connectivity index (χ0v) is 18.8. The van der Waals surface area contributed by atoms with Gasteiger partial charge in [0.25, 0.3) is 0 Å². The number of hydrogen-bond acceptors (Lipinski definition) is 4. The van der Waals surface area contributed by atoms with Crippen LogP contribution in [0, 0.1) is 17.6 Å². The van der Waals surface area contributed by atoms with Crippen LogP contribution in [0.2, 0.25) is 0 Å². The number of nitrogens with zero attached hydrogens (tertiary/aromatic N) is 3. The average Bonchev–Trinajstić information content (AvgIpc) is 3.24. The molecule has 1 amide bonds. The fraction of sp³-hybridized carbons (Fsp3) is 0.304. The Morgan fingerprint density at radius 1 is 1.03 bits per heavy atom. The number of rotatable bonds is 6. The molecule has 3 aromatic rings. The molecule has 1 aromatic heterocycles. The van der Waals surface area contributed by atoms with E-state index in [0.29, 0.717) is 24.2 Å². The van der Waals surface area contributed by atoms with Crippen molar-refractivity contribution in [1.82, 2.24) is 19.2 Å². The molecule has 2 heterocycles. The maximum Gasteiger partial charge on any atom is 0.243 e. The SMILES string of the molecule is Cn1ccnc1[C@@H](NC(=O)C1CCN(S(=O)(=O)c2ccc(F)cc2)CC1)c1ccc(F)cc1. The summed E-state index contributed by atoms with van der Waals surface area (Å²) >= 11 is 0. The number of aromatic nitrogens is 2. The number of imidazole rings is 1. The Bertz CT molecular complexity index is 1220. The Kier molecular flexibility index (Phi) is 6.57. The molecule has 0 bridgehead atoms. The van der Waals surface area contributed by atoms with Crippen LogP contribution in [0.3, 0.4) is 0 Å². The first kappa shape index (κ1) is 23.1. The van der Waals surface area contributed by atoms with E-state index >= 15 is 0 Å². The lowest BCUT2D eigenvalue weighted by atomic mass is 9.96. The Labute approximate surface area is 191 Å². The molecule has 1 fully saturated rings. The second-order valence-electron chi connectivity index (χ2n) is 8.02. The minimum absolute atomic E-state index is 0.0259. The van der Waals surface area contributed by atoms with Crippen molar-refractivity contribution in [2.45, 2.75) is 23.8 Å². The van der Waals surface area contributed by atoms with Crippen molar-refractivity contribution >= 4 is 15.9 Å². The normalized spacial score (nSPS) is 16.5. The molecule has 1 N–H and O–H groups in total. The topological polar surface area (TPSA) is 84.3 Å². The predicted octanol–water partition coefficient (Wildman–Crippen LogP) is 3.00. The highest BCUT2D eigenvalue weighted by molar-refractivity contribution is 7.89. The van der Waals surface area contributed by atoms with E-state index in [1.165, 1.54) is 28.6 Å². The first-order valence-electron chi connectivity index (χ1n) is 10.5. The number of amides is 1. The van der Waals surface area contributed by atoms with Gasteiger partial charge in [0.05, 0.1) is 4.90 Å². The minimum atomic E-state index is -3.75. The number of carbonyl (C=O) groups excluding carboxylic acids is 1. The van der Waals surface area contributed by atoms with Crippen LogP contribution < -0.4 is 5.32 Å². The molecule has 0 saturated carbocycles. The molecule has 1 saturated heterocycles. The van der Waals surface area contributed by atoms with Crippen LogP contribution in [0.25, 0.3) is 0 Å². The molecule has 0 unspecified atom stereocenters. The van der Waals surface area contributed by atoms with Gasteiger partial charge in [0.1, 0.15) is 23.5 Å². The highest BCUT2D eigenvalue weighted by atomic mass is 32.2. The van der Waals surface area contributed by atoms with Crippen molar-refractivity contribution in [2.75, 3.05) is 13.1 Å². The molecule has 0 aliphatic carbocycles. The lowest BCUT2D eigenvalue weighted by Gasteiger charge is -2.31. The van der Waals surface area contributed by atoms with E-state index in [4.69, 9.17) is 0 Å². The average molecular weight is 475 g/mol. The van der Waals surface area contributed by atoms with E-state index in [-0.39, 0.29) is 35.6 Å². The quantitative estimate of drug-likeness (QED) is 0.595. The molecular weight excluding hydrogens is 450 g/mol. The highest BCUT2D eigenvalue weighted by Gasteiger charge is 2.33. The van der Waals surface area contributed by atoms with Gasteiger partial charge in [-0.05, 0) is 54.8 Å². The van der Waals surface area contributed by atoms with Crippen LogP contribution >= 0.6 is 0 Å². The molecular formula is C23H24F2N4O3S. The molecule has 0 spiro atoms. The van der Waals surface area contributed by atoms with E-state index in [0.717, 1.165) is 12.1 Å². The van der Waals surface area contributed by atoms with E-state index < -0.39 is 21.9 Å². The monoisotopic (exact) mass is 474 g/mol. The fourth-order valence-corrected chi connectivity index (χ4v) is 5.45. The van der Waals surface area contributed by atoms with Gasteiger partial charge in [-0.3, -0.25) is 4.79 Å². The van der Waals surface area contributed by atoms with E-state index in [9.17, 15) is 22.0 Å². The summed E-state index contributed by atoms with van der Waals surface area (Å²) in [5, 5.41) is 3.00. The van der Waals surface area contributed by atoms with Gasteiger partial charge in [-0.15, -0.1) is 0 Å². The van der Waals surface area contributed by atoms with Crippen molar-refractivity contribution in [3.8, 4) is 0 Å². The Morgan fingerprint density at radius 3 is 2.15 bits per heavy atom. The highest BCUT2D eigenvalue weighted by Crippen LogP contribution is 2.26. The number of aryl methyl sites for hydroxylation is 1. The van der Waals surface area contributed by atoms with Gasteiger partial charge in [0, 0.05) is 38.4 Å². The lowest BCUT2D eigenvalue weighted by molar-refractivity contribution is -0.126. The van der Waals surface area contributed by atoms with Gasteiger partial charge >= 0.3 is 0 Å².